The summed E-state index contributed by atoms with van der Waals surface area (Å²) in [6.07, 6.45) is 7.71. The quantitative estimate of drug-likeness (QED) is 0.0403. The molecular formula is C31H59NO12S. The standard InChI is InChI=1S/C31H59NO12S/c1-3-5-7-9-11-13-15-17-19-24(34)23(32-30(38)25(35)20-18-16-14-12-10-8-6-4-2)22-42-31-28(37)29(44-45(39,40)41)27(36)26(21-33)43-31/h14,16,23-29,31,33-37H,3-13,15,17-22H2,1-2H3,(H,32,38)(H,39,40,41)/b16-14-. The molecular weight excluding hydrogens is 610 g/mol. The van der Waals surface area contributed by atoms with E-state index < -0.39 is 78.5 Å². The number of nitrogens with one attached hydrogen (secondary N) is 1. The average molecular weight is 670 g/mol. The molecule has 266 valence electrons. The maximum absolute atomic E-state index is 12.8. The van der Waals surface area contributed by atoms with Gasteiger partial charge < -0.3 is 40.3 Å². The lowest BCUT2D eigenvalue weighted by Gasteiger charge is -2.41. The zero-order valence-corrected chi connectivity index (χ0v) is 27.9. The number of aliphatic hydroxyl groups excluding tert-OH is 5. The van der Waals surface area contributed by atoms with E-state index in [1.54, 1.807) is 0 Å². The van der Waals surface area contributed by atoms with Crippen molar-refractivity contribution < 1.29 is 57.0 Å². The van der Waals surface area contributed by atoms with Gasteiger partial charge in [-0.25, -0.2) is 4.18 Å². The molecule has 1 aliphatic rings. The van der Waals surface area contributed by atoms with Gasteiger partial charge in [-0.05, 0) is 32.1 Å². The Kier molecular flexibility index (Phi) is 22.3. The van der Waals surface area contributed by atoms with Gasteiger partial charge in [-0.3, -0.25) is 9.35 Å². The number of ether oxygens (including phenoxy) is 2. The summed E-state index contributed by atoms with van der Waals surface area (Å²) < 4.78 is 47.0. The van der Waals surface area contributed by atoms with Crippen LogP contribution < -0.4 is 5.32 Å². The van der Waals surface area contributed by atoms with Gasteiger partial charge in [-0.2, -0.15) is 8.42 Å². The fourth-order valence-corrected chi connectivity index (χ4v) is 5.68. The third-order valence-electron chi connectivity index (χ3n) is 7.94. The van der Waals surface area contributed by atoms with Gasteiger partial charge in [0, 0.05) is 0 Å². The number of hydrogen-bond donors (Lipinski definition) is 7. The molecule has 14 heteroatoms. The van der Waals surface area contributed by atoms with Gasteiger partial charge in [0.1, 0.15) is 30.5 Å². The van der Waals surface area contributed by atoms with E-state index in [2.05, 4.69) is 23.3 Å². The molecule has 8 unspecified atom stereocenters. The molecule has 1 rings (SSSR count). The minimum Gasteiger partial charge on any atom is -0.394 e. The van der Waals surface area contributed by atoms with Gasteiger partial charge in [0.15, 0.2) is 6.29 Å². The van der Waals surface area contributed by atoms with E-state index in [1.807, 2.05) is 12.2 Å². The topological polar surface area (TPSA) is 212 Å². The molecule has 1 saturated heterocycles. The molecule has 0 aliphatic carbocycles. The fraction of sp³-hybridized carbons (Fsp3) is 0.903. The predicted molar refractivity (Wildman–Crippen MR) is 168 cm³/mol. The normalized spacial score (nSPS) is 24.5. The maximum atomic E-state index is 12.8. The molecule has 8 atom stereocenters. The molecule has 0 bridgehead atoms. The van der Waals surface area contributed by atoms with Crippen molar-refractivity contribution in [1.29, 1.82) is 0 Å². The Morgan fingerprint density at radius 1 is 0.867 bits per heavy atom. The van der Waals surface area contributed by atoms with Crippen LogP contribution in [0.5, 0.6) is 0 Å². The van der Waals surface area contributed by atoms with Gasteiger partial charge in [-0.1, -0.05) is 96.6 Å². The largest absolute Gasteiger partial charge is 0.397 e. The van der Waals surface area contributed by atoms with Gasteiger partial charge in [-0.15, -0.1) is 0 Å². The van der Waals surface area contributed by atoms with Crippen LogP contribution in [-0.2, 0) is 28.9 Å². The Balaban J connectivity index is 2.80. The number of rotatable bonds is 26. The van der Waals surface area contributed by atoms with Crippen molar-refractivity contribution in [2.75, 3.05) is 13.2 Å². The van der Waals surface area contributed by atoms with Crippen LogP contribution >= 0.6 is 0 Å². The van der Waals surface area contributed by atoms with Crippen molar-refractivity contribution in [3.63, 3.8) is 0 Å². The van der Waals surface area contributed by atoms with E-state index in [0.717, 1.165) is 51.4 Å². The third kappa shape index (κ3) is 18.1. The number of unbranched alkanes of at least 4 members (excludes halogenated alkanes) is 11. The van der Waals surface area contributed by atoms with Crippen molar-refractivity contribution in [1.82, 2.24) is 5.32 Å². The lowest BCUT2D eigenvalue weighted by atomic mass is 9.99. The summed E-state index contributed by atoms with van der Waals surface area (Å²) in [6, 6.07) is -1.04. The highest BCUT2D eigenvalue weighted by atomic mass is 32.3. The summed E-state index contributed by atoms with van der Waals surface area (Å²) >= 11 is 0. The van der Waals surface area contributed by atoms with E-state index in [0.29, 0.717) is 19.3 Å². The number of hydrogen-bond acceptors (Lipinski definition) is 11. The lowest BCUT2D eigenvalue weighted by Crippen LogP contribution is -2.61. The van der Waals surface area contributed by atoms with Crippen LogP contribution in [0.25, 0.3) is 0 Å². The molecule has 1 fully saturated rings. The lowest BCUT2D eigenvalue weighted by molar-refractivity contribution is -0.298. The number of carbonyl (C=O) groups is 1. The van der Waals surface area contributed by atoms with Crippen LogP contribution in [0.15, 0.2) is 12.2 Å². The first-order chi connectivity index (χ1) is 21.4. The first-order valence-electron chi connectivity index (χ1n) is 16.7. The molecule has 0 aromatic heterocycles. The van der Waals surface area contributed by atoms with E-state index in [4.69, 9.17) is 14.0 Å². The molecule has 0 aromatic carbocycles. The molecule has 1 amide bonds. The summed E-state index contributed by atoms with van der Waals surface area (Å²) in [5.41, 5.74) is 0. The molecule has 0 saturated carbocycles. The smallest absolute Gasteiger partial charge is 0.394 e. The van der Waals surface area contributed by atoms with E-state index >= 15 is 0 Å². The van der Waals surface area contributed by atoms with Crippen LogP contribution in [0.1, 0.15) is 117 Å². The molecule has 45 heavy (non-hydrogen) atoms. The van der Waals surface area contributed by atoms with Crippen LogP contribution in [0, 0.1) is 0 Å². The van der Waals surface area contributed by atoms with E-state index in [1.165, 1.54) is 25.7 Å². The Morgan fingerprint density at radius 3 is 2.04 bits per heavy atom. The summed E-state index contributed by atoms with van der Waals surface area (Å²) in [5.74, 6) is -0.712. The van der Waals surface area contributed by atoms with Gasteiger partial charge in [0.2, 0.25) is 5.91 Å². The van der Waals surface area contributed by atoms with Gasteiger partial charge >= 0.3 is 10.4 Å². The molecule has 0 spiro atoms. The second-order valence-corrected chi connectivity index (χ2v) is 12.9. The van der Waals surface area contributed by atoms with Crippen molar-refractivity contribution >= 4 is 16.3 Å². The average Bonchev–Trinajstić information content (AvgIpc) is 2.99. The minimum absolute atomic E-state index is 0.175. The van der Waals surface area contributed by atoms with Crippen molar-refractivity contribution in [2.24, 2.45) is 0 Å². The maximum Gasteiger partial charge on any atom is 0.397 e. The molecule has 0 aromatic rings. The highest BCUT2D eigenvalue weighted by molar-refractivity contribution is 7.80. The molecule has 1 heterocycles. The SMILES string of the molecule is CCCCCC/C=C\CCC(O)C(=O)NC(COC1OC(CO)C(O)C(OS(=O)(=O)O)C1O)C(O)CCCCCCCCCC. The van der Waals surface area contributed by atoms with Crippen LogP contribution in [-0.4, -0.2) is 107 Å². The minimum atomic E-state index is -5.10. The summed E-state index contributed by atoms with van der Waals surface area (Å²) in [7, 11) is -5.10. The zero-order valence-electron chi connectivity index (χ0n) is 27.0. The molecule has 0 radical (unpaired) electrons. The van der Waals surface area contributed by atoms with Crippen LogP contribution in [0.4, 0.5) is 0 Å². The van der Waals surface area contributed by atoms with Gasteiger partial charge in [0.25, 0.3) is 0 Å². The highest BCUT2D eigenvalue weighted by Gasteiger charge is 2.48. The predicted octanol–water partition coefficient (Wildman–Crippen LogP) is 2.67. The second kappa shape index (κ2) is 24.0. The highest BCUT2D eigenvalue weighted by Crippen LogP contribution is 2.26. The Bertz CT molecular complexity index is 905. The van der Waals surface area contributed by atoms with Crippen LogP contribution in [0.3, 0.4) is 0 Å². The van der Waals surface area contributed by atoms with Crippen molar-refractivity contribution in [2.45, 2.75) is 166 Å². The second-order valence-electron chi connectivity index (χ2n) is 11.9. The van der Waals surface area contributed by atoms with E-state index in [-0.39, 0.29) is 6.42 Å². The zero-order chi connectivity index (χ0) is 33.7. The Morgan fingerprint density at radius 2 is 1.44 bits per heavy atom. The summed E-state index contributed by atoms with van der Waals surface area (Å²) in [5, 5.41) is 54.5. The number of allylic oxidation sites excluding steroid dienone is 2. The third-order valence-corrected chi connectivity index (χ3v) is 8.41. The summed E-state index contributed by atoms with van der Waals surface area (Å²) in [6.45, 7) is 3.09. The molecule has 1 aliphatic heterocycles. The van der Waals surface area contributed by atoms with Crippen molar-refractivity contribution in [3.05, 3.63) is 12.2 Å². The Hall–Kier alpha value is -1.20. The first-order valence-corrected chi connectivity index (χ1v) is 18.0. The number of aliphatic hydroxyl groups is 5. The van der Waals surface area contributed by atoms with Crippen molar-refractivity contribution in [3.8, 4) is 0 Å². The monoisotopic (exact) mass is 669 g/mol. The molecule has 13 nitrogen and oxygen atoms in total. The fourth-order valence-electron chi connectivity index (χ4n) is 5.17. The van der Waals surface area contributed by atoms with E-state index in [9.17, 15) is 38.7 Å². The number of amides is 1. The first kappa shape index (κ1) is 41.8. The molecule has 7 N–H and O–H groups in total. The van der Waals surface area contributed by atoms with Crippen LogP contribution in [0.2, 0.25) is 0 Å². The number of carbonyl (C=O) groups excluding carboxylic acids is 1. The Labute approximate surface area is 269 Å². The summed E-state index contributed by atoms with van der Waals surface area (Å²) in [4.78, 5) is 12.8. The van der Waals surface area contributed by atoms with Gasteiger partial charge in [0.05, 0.1) is 25.4 Å².